The highest BCUT2D eigenvalue weighted by atomic mass is 16.6. The van der Waals surface area contributed by atoms with E-state index in [9.17, 15) is 15.4 Å². The van der Waals surface area contributed by atoms with Gasteiger partial charge in [0.2, 0.25) is 0 Å². The van der Waals surface area contributed by atoms with E-state index in [-0.39, 0.29) is 5.69 Å². The lowest BCUT2D eigenvalue weighted by Crippen LogP contribution is -1.97. The quantitative estimate of drug-likeness (QED) is 0.517. The largest absolute Gasteiger partial charge is 0.497 e. The second-order valence-corrected chi connectivity index (χ2v) is 4.37. The van der Waals surface area contributed by atoms with Gasteiger partial charge in [-0.2, -0.15) is 5.26 Å². The van der Waals surface area contributed by atoms with Crippen LogP contribution in [0.25, 0.3) is 6.08 Å². The van der Waals surface area contributed by atoms with Crippen LogP contribution in [0.5, 0.6) is 5.75 Å². The molecular weight excluding hydrogens is 282 g/mol. The van der Waals surface area contributed by atoms with Gasteiger partial charge in [-0.05, 0) is 35.9 Å². The Morgan fingerprint density at radius 1 is 1.23 bits per heavy atom. The summed E-state index contributed by atoms with van der Waals surface area (Å²) >= 11 is 0. The molecule has 0 aliphatic rings. The monoisotopic (exact) mass is 295 g/mol. The first kappa shape index (κ1) is 15.1. The summed E-state index contributed by atoms with van der Waals surface area (Å²) in [5, 5.41) is 22.7. The van der Waals surface area contributed by atoms with Gasteiger partial charge in [0.05, 0.1) is 12.0 Å². The molecule has 2 aromatic carbocycles. The molecule has 0 atom stereocenters. The van der Waals surface area contributed by atoms with Crippen molar-refractivity contribution in [1.29, 1.82) is 5.26 Å². The first-order valence-electron chi connectivity index (χ1n) is 6.39. The van der Waals surface area contributed by atoms with Crippen molar-refractivity contribution in [3.8, 4) is 11.8 Å². The Kier molecular flexibility index (Phi) is 4.73. The van der Waals surface area contributed by atoms with Crippen molar-refractivity contribution in [1.82, 2.24) is 0 Å². The number of nitrogens with zero attached hydrogens (tertiary/aromatic N) is 2. The van der Waals surface area contributed by atoms with E-state index in [0.29, 0.717) is 11.4 Å². The summed E-state index contributed by atoms with van der Waals surface area (Å²) in [6, 6.07) is 15.2. The SMILES string of the molecule is COc1ccc(/C=C(\C#N)Nc2ccc([N+](=O)[O-])cc2)cc1. The van der Waals surface area contributed by atoms with Gasteiger partial charge in [-0.25, -0.2) is 0 Å². The van der Waals surface area contributed by atoms with Crippen molar-refractivity contribution in [2.45, 2.75) is 0 Å². The van der Waals surface area contributed by atoms with Crippen molar-refractivity contribution >= 4 is 17.5 Å². The molecule has 0 aliphatic carbocycles. The lowest BCUT2D eigenvalue weighted by Gasteiger charge is -2.05. The maximum Gasteiger partial charge on any atom is 0.269 e. The normalized spacial score (nSPS) is 10.6. The number of non-ortho nitro benzene ring substituents is 1. The highest BCUT2D eigenvalue weighted by Crippen LogP contribution is 2.18. The fourth-order valence-electron chi connectivity index (χ4n) is 1.79. The molecule has 0 bridgehead atoms. The fraction of sp³-hybridized carbons (Fsp3) is 0.0625. The van der Waals surface area contributed by atoms with Crippen LogP contribution in [0.4, 0.5) is 11.4 Å². The van der Waals surface area contributed by atoms with E-state index in [0.717, 1.165) is 11.3 Å². The lowest BCUT2D eigenvalue weighted by molar-refractivity contribution is -0.384. The number of methoxy groups -OCH3 is 1. The van der Waals surface area contributed by atoms with E-state index in [1.165, 1.54) is 12.1 Å². The first-order valence-corrected chi connectivity index (χ1v) is 6.39. The molecule has 0 aromatic heterocycles. The van der Waals surface area contributed by atoms with Crippen LogP contribution in [-0.2, 0) is 0 Å². The van der Waals surface area contributed by atoms with Crippen LogP contribution in [0.2, 0.25) is 0 Å². The summed E-state index contributed by atoms with van der Waals surface area (Å²) in [5.41, 5.74) is 1.78. The molecule has 0 amide bonds. The molecule has 22 heavy (non-hydrogen) atoms. The number of rotatable bonds is 5. The van der Waals surface area contributed by atoms with Crippen LogP contribution < -0.4 is 10.1 Å². The minimum atomic E-state index is -0.470. The summed E-state index contributed by atoms with van der Waals surface area (Å²) < 4.78 is 5.07. The van der Waals surface area contributed by atoms with Crippen molar-refractivity contribution in [3.05, 3.63) is 69.9 Å². The number of nitro benzene ring substituents is 1. The van der Waals surface area contributed by atoms with Gasteiger partial charge in [-0.15, -0.1) is 0 Å². The predicted octanol–water partition coefficient (Wildman–Crippen LogP) is 3.58. The first-order chi connectivity index (χ1) is 10.6. The van der Waals surface area contributed by atoms with Crippen LogP contribution in [0.15, 0.2) is 54.2 Å². The molecular formula is C16H13N3O3. The van der Waals surface area contributed by atoms with Gasteiger partial charge in [-0.3, -0.25) is 10.1 Å². The number of allylic oxidation sites excluding steroid dienone is 1. The molecule has 0 unspecified atom stereocenters. The number of hydrogen-bond donors (Lipinski definition) is 1. The van der Waals surface area contributed by atoms with Gasteiger partial charge < -0.3 is 10.1 Å². The summed E-state index contributed by atoms with van der Waals surface area (Å²) in [6.45, 7) is 0. The molecule has 0 spiro atoms. The third-order valence-corrected chi connectivity index (χ3v) is 2.90. The third-order valence-electron chi connectivity index (χ3n) is 2.90. The second-order valence-electron chi connectivity index (χ2n) is 4.37. The molecule has 0 fully saturated rings. The van der Waals surface area contributed by atoms with Crippen LogP contribution in [0, 0.1) is 21.4 Å². The Labute approximate surface area is 127 Å². The summed E-state index contributed by atoms with van der Waals surface area (Å²) in [5.74, 6) is 0.735. The summed E-state index contributed by atoms with van der Waals surface area (Å²) in [7, 11) is 1.59. The van der Waals surface area contributed by atoms with E-state index >= 15 is 0 Å². The molecule has 0 saturated heterocycles. The van der Waals surface area contributed by atoms with Crippen molar-refractivity contribution in [2.75, 3.05) is 12.4 Å². The third kappa shape index (κ3) is 3.84. The van der Waals surface area contributed by atoms with Gasteiger partial charge >= 0.3 is 0 Å². The van der Waals surface area contributed by atoms with E-state index in [1.54, 1.807) is 37.5 Å². The van der Waals surface area contributed by atoms with Crippen LogP contribution in [-0.4, -0.2) is 12.0 Å². The number of nitro groups is 1. The number of anilines is 1. The van der Waals surface area contributed by atoms with Crippen molar-refractivity contribution < 1.29 is 9.66 Å². The molecule has 2 rings (SSSR count). The molecule has 1 N–H and O–H groups in total. The maximum atomic E-state index is 10.6. The highest BCUT2D eigenvalue weighted by Gasteiger charge is 2.04. The Morgan fingerprint density at radius 3 is 2.36 bits per heavy atom. The minimum Gasteiger partial charge on any atom is -0.497 e. The molecule has 0 radical (unpaired) electrons. The Balaban J connectivity index is 2.15. The zero-order valence-electron chi connectivity index (χ0n) is 11.8. The minimum absolute atomic E-state index is 0.00296. The van der Waals surface area contributed by atoms with Crippen LogP contribution >= 0.6 is 0 Å². The molecule has 110 valence electrons. The van der Waals surface area contributed by atoms with Gasteiger partial charge in [0, 0.05) is 17.8 Å². The topological polar surface area (TPSA) is 88.2 Å². The Hall–Kier alpha value is -3.33. The molecule has 6 nitrogen and oxygen atoms in total. The molecule has 6 heteroatoms. The summed E-state index contributed by atoms with van der Waals surface area (Å²) in [4.78, 5) is 10.1. The number of hydrogen-bond acceptors (Lipinski definition) is 5. The number of benzene rings is 2. The zero-order valence-corrected chi connectivity index (χ0v) is 11.8. The van der Waals surface area contributed by atoms with E-state index in [4.69, 9.17) is 4.74 Å². The van der Waals surface area contributed by atoms with Crippen molar-refractivity contribution in [2.24, 2.45) is 0 Å². The smallest absolute Gasteiger partial charge is 0.269 e. The standard InChI is InChI=1S/C16H13N3O3/c1-22-16-8-2-12(3-9-16)10-14(11-17)18-13-4-6-15(7-5-13)19(20)21/h2-10,18H,1H3/b14-10+. The molecule has 2 aromatic rings. The lowest BCUT2D eigenvalue weighted by atomic mass is 10.2. The Bertz CT molecular complexity index is 729. The molecule has 0 aliphatic heterocycles. The summed E-state index contributed by atoms with van der Waals surface area (Å²) in [6.07, 6.45) is 1.68. The van der Waals surface area contributed by atoms with Gasteiger partial charge in [-0.1, -0.05) is 12.1 Å². The maximum absolute atomic E-state index is 10.6. The molecule has 0 saturated carbocycles. The van der Waals surface area contributed by atoms with E-state index in [1.807, 2.05) is 18.2 Å². The highest BCUT2D eigenvalue weighted by molar-refractivity contribution is 5.65. The van der Waals surface area contributed by atoms with Gasteiger partial charge in [0.1, 0.15) is 17.5 Å². The molecule has 0 heterocycles. The van der Waals surface area contributed by atoms with Crippen LogP contribution in [0.1, 0.15) is 5.56 Å². The number of ether oxygens (including phenoxy) is 1. The average Bonchev–Trinajstić information content (AvgIpc) is 2.55. The fourth-order valence-corrected chi connectivity index (χ4v) is 1.79. The van der Waals surface area contributed by atoms with Gasteiger partial charge in [0.25, 0.3) is 5.69 Å². The Morgan fingerprint density at radius 2 is 1.86 bits per heavy atom. The van der Waals surface area contributed by atoms with E-state index in [2.05, 4.69) is 5.32 Å². The van der Waals surface area contributed by atoms with E-state index < -0.39 is 4.92 Å². The van der Waals surface area contributed by atoms with Crippen molar-refractivity contribution in [3.63, 3.8) is 0 Å². The van der Waals surface area contributed by atoms with Gasteiger partial charge in [0.15, 0.2) is 0 Å². The van der Waals surface area contributed by atoms with Crippen LogP contribution in [0.3, 0.4) is 0 Å². The second kappa shape index (κ2) is 6.90. The zero-order chi connectivity index (χ0) is 15.9. The predicted molar refractivity (Wildman–Crippen MR) is 83.3 cm³/mol. The number of nitriles is 1. The number of nitrogens with one attached hydrogen (secondary N) is 1. The average molecular weight is 295 g/mol.